The molecule has 1 aromatic carbocycles. The smallest absolute Gasteiger partial charge is 0.324 e. The Morgan fingerprint density at radius 1 is 1.18 bits per heavy atom. The average molecular weight is 297 g/mol. The minimum Gasteiger partial charge on any atom is -0.376 e. The van der Waals surface area contributed by atoms with E-state index < -0.39 is 0 Å². The van der Waals surface area contributed by atoms with Crippen molar-refractivity contribution in [3.05, 3.63) is 54.2 Å². The summed E-state index contributed by atoms with van der Waals surface area (Å²) in [5.41, 5.74) is 1.79. The number of rotatable bonds is 6. The van der Waals surface area contributed by atoms with E-state index in [4.69, 9.17) is 4.74 Å². The van der Waals surface area contributed by atoms with Crippen LogP contribution in [0.3, 0.4) is 0 Å². The number of carbonyl (C=O) groups excluding carboxylic acids is 1. The third-order valence-electron chi connectivity index (χ3n) is 3.41. The molecule has 0 atom stereocenters. The van der Waals surface area contributed by atoms with Gasteiger partial charge in [0.05, 0.1) is 6.61 Å². The quantitative estimate of drug-likeness (QED) is 0.855. The Morgan fingerprint density at radius 3 is 2.86 bits per heavy atom. The van der Waals surface area contributed by atoms with Crippen LogP contribution in [0.5, 0.6) is 0 Å². The van der Waals surface area contributed by atoms with Gasteiger partial charge in [0, 0.05) is 18.5 Å². The molecule has 1 fully saturated rings. The van der Waals surface area contributed by atoms with Gasteiger partial charge >= 0.3 is 6.03 Å². The lowest BCUT2D eigenvalue weighted by Crippen LogP contribution is -2.20. The van der Waals surface area contributed by atoms with Gasteiger partial charge in [-0.15, -0.1) is 0 Å². The molecule has 1 aliphatic rings. The minimum atomic E-state index is -0.310. The molecule has 22 heavy (non-hydrogen) atoms. The number of nitrogens with zero attached hydrogens (tertiary/aromatic N) is 1. The maximum absolute atomic E-state index is 11.9. The lowest BCUT2D eigenvalue weighted by atomic mass is 10.2. The van der Waals surface area contributed by atoms with E-state index in [1.807, 2.05) is 30.3 Å². The van der Waals surface area contributed by atoms with Crippen LogP contribution < -0.4 is 10.6 Å². The summed E-state index contributed by atoms with van der Waals surface area (Å²) in [7, 11) is 0. The first-order valence-corrected chi connectivity index (χ1v) is 7.45. The van der Waals surface area contributed by atoms with E-state index in [1.165, 1.54) is 12.8 Å². The van der Waals surface area contributed by atoms with Crippen molar-refractivity contribution in [3.63, 3.8) is 0 Å². The first-order chi connectivity index (χ1) is 10.8. The third-order valence-corrected chi connectivity index (χ3v) is 3.41. The van der Waals surface area contributed by atoms with Gasteiger partial charge < -0.3 is 10.1 Å². The highest BCUT2D eigenvalue weighted by molar-refractivity contribution is 5.99. The molecule has 0 aliphatic heterocycles. The maximum Gasteiger partial charge on any atom is 0.324 e. The van der Waals surface area contributed by atoms with E-state index >= 15 is 0 Å². The van der Waals surface area contributed by atoms with Crippen molar-refractivity contribution in [2.24, 2.45) is 5.92 Å². The fourth-order valence-electron chi connectivity index (χ4n) is 2.08. The predicted octanol–water partition coefficient (Wildman–Crippen LogP) is 3.65. The number of urea groups is 1. The van der Waals surface area contributed by atoms with Gasteiger partial charge in [-0.1, -0.05) is 18.2 Å². The molecule has 1 aliphatic carbocycles. The fourth-order valence-corrected chi connectivity index (χ4v) is 2.08. The van der Waals surface area contributed by atoms with Crippen molar-refractivity contribution in [1.29, 1.82) is 0 Å². The van der Waals surface area contributed by atoms with Crippen LogP contribution in [0.4, 0.5) is 16.3 Å². The Balaban J connectivity index is 1.51. The zero-order chi connectivity index (χ0) is 15.2. The molecule has 0 unspecified atom stereocenters. The number of amides is 2. The van der Waals surface area contributed by atoms with E-state index in [2.05, 4.69) is 15.6 Å². The molecule has 2 N–H and O–H groups in total. The summed E-state index contributed by atoms with van der Waals surface area (Å²) < 4.78 is 5.66. The number of benzene rings is 1. The zero-order valence-electron chi connectivity index (χ0n) is 12.3. The van der Waals surface area contributed by atoms with Gasteiger partial charge in [-0.3, -0.25) is 5.32 Å². The lowest BCUT2D eigenvalue weighted by Gasteiger charge is -2.09. The first kappa shape index (κ1) is 14.5. The number of hydrogen-bond acceptors (Lipinski definition) is 3. The van der Waals surface area contributed by atoms with Gasteiger partial charge in [0.25, 0.3) is 0 Å². The monoisotopic (exact) mass is 297 g/mol. The molecular formula is C17H19N3O2. The van der Waals surface area contributed by atoms with E-state index in [0.29, 0.717) is 12.4 Å². The lowest BCUT2D eigenvalue weighted by molar-refractivity contribution is 0.111. The van der Waals surface area contributed by atoms with Crippen LogP contribution in [0.2, 0.25) is 0 Å². The van der Waals surface area contributed by atoms with Gasteiger partial charge in [0.2, 0.25) is 0 Å². The molecule has 1 heterocycles. The maximum atomic E-state index is 11.9. The number of carbonyl (C=O) groups is 1. The molecular weight excluding hydrogens is 278 g/mol. The highest BCUT2D eigenvalue weighted by Crippen LogP contribution is 2.29. The second-order valence-corrected chi connectivity index (χ2v) is 5.45. The fraction of sp³-hybridized carbons (Fsp3) is 0.294. The van der Waals surface area contributed by atoms with Crippen LogP contribution >= 0.6 is 0 Å². The summed E-state index contributed by atoms with van der Waals surface area (Å²) in [4.78, 5) is 16.0. The molecule has 3 rings (SSSR count). The summed E-state index contributed by atoms with van der Waals surface area (Å²) in [6, 6.07) is 12.7. The molecule has 0 bridgehead atoms. The minimum absolute atomic E-state index is 0.310. The molecule has 5 nitrogen and oxygen atoms in total. The average Bonchev–Trinajstić information content (AvgIpc) is 3.33. The van der Waals surface area contributed by atoms with Gasteiger partial charge in [-0.05, 0) is 48.6 Å². The van der Waals surface area contributed by atoms with Crippen LogP contribution in [-0.4, -0.2) is 17.6 Å². The van der Waals surface area contributed by atoms with E-state index in [0.717, 1.165) is 23.8 Å². The Kier molecular flexibility index (Phi) is 4.65. The van der Waals surface area contributed by atoms with Crippen molar-refractivity contribution in [3.8, 4) is 0 Å². The number of nitrogens with one attached hydrogen (secondary N) is 2. The Bertz CT molecular complexity index is 627. The molecule has 0 saturated heterocycles. The molecule has 0 radical (unpaired) electrons. The number of pyridine rings is 1. The summed E-state index contributed by atoms with van der Waals surface area (Å²) in [6.45, 7) is 1.41. The number of hydrogen-bond donors (Lipinski definition) is 2. The molecule has 0 spiro atoms. The summed E-state index contributed by atoms with van der Waals surface area (Å²) in [6.07, 6.45) is 4.21. The zero-order valence-corrected chi connectivity index (χ0v) is 12.3. The number of anilines is 2. The van der Waals surface area contributed by atoms with E-state index in [9.17, 15) is 4.79 Å². The van der Waals surface area contributed by atoms with Crippen molar-refractivity contribution in [2.75, 3.05) is 17.2 Å². The van der Waals surface area contributed by atoms with Crippen LogP contribution in [0.25, 0.3) is 0 Å². The van der Waals surface area contributed by atoms with Crippen LogP contribution in [0, 0.1) is 5.92 Å². The van der Waals surface area contributed by atoms with Crippen LogP contribution in [-0.2, 0) is 11.3 Å². The topological polar surface area (TPSA) is 63.2 Å². The molecule has 2 amide bonds. The van der Waals surface area contributed by atoms with Crippen molar-refractivity contribution >= 4 is 17.5 Å². The van der Waals surface area contributed by atoms with Crippen LogP contribution in [0.15, 0.2) is 48.7 Å². The number of ether oxygens (including phenoxy) is 1. The van der Waals surface area contributed by atoms with Gasteiger partial charge in [-0.2, -0.15) is 0 Å². The number of aromatic nitrogens is 1. The Labute approximate surface area is 129 Å². The normalized spacial score (nSPS) is 13.6. The molecule has 114 valence electrons. The highest BCUT2D eigenvalue weighted by Gasteiger charge is 2.20. The Hall–Kier alpha value is -2.40. The van der Waals surface area contributed by atoms with Crippen molar-refractivity contribution in [2.45, 2.75) is 19.4 Å². The first-order valence-electron chi connectivity index (χ1n) is 7.45. The van der Waals surface area contributed by atoms with Crippen LogP contribution in [0.1, 0.15) is 18.4 Å². The van der Waals surface area contributed by atoms with E-state index in [-0.39, 0.29) is 6.03 Å². The largest absolute Gasteiger partial charge is 0.376 e. The van der Waals surface area contributed by atoms with Gasteiger partial charge in [-0.25, -0.2) is 9.78 Å². The van der Waals surface area contributed by atoms with Gasteiger partial charge in [0.1, 0.15) is 5.82 Å². The van der Waals surface area contributed by atoms with E-state index in [1.54, 1.807) is 18.3 Å². The molecule has 1 saturated carbocycles. The predicted molar refractivity (Wildman–Crippen MR) is 85.7 cm³/mol. The standard InChI is InChI=1S/C17H19N3O2/c21-17(20-16-6-1-2-9-18-16)19-15-5-3-4-14(10-15)12-22-11-13-7-8-13/h1-6,9-10,13H,7-8,11-12H2,(H2,18,19,20,21). The molecule has 5 heteroatoms. The van der Waals surface area contributed by atoms with Crippen molar-refractivity contribution < 1.29 is 9.53 Å². The SMILES string of the molecule is O=C(Nc1cccc(COCC2CC2)c1)Nc1ccccn1. The Morgan fingerprint density at radius 2 is 2.09 bits per heavy atom. The summed E-state index contributed by atoms with van der Waals surface area (Å²) >= 11 is 0. The second-order valence-electron chi connectivity index (χ2n) is 5.45. The molecule has 2 aromatic rings. The summed E-state index contributed by atoms with van der Waals surface area (Å²) in [5, 5.41) is 5.48. The summed E-state index contributed by atoms with van der Waals surface area (Å²) in [5.74, 6) is 1.27. The van der Waals surface area contributed by atoms with Gasteiger partial charge in [0.15, 0.2) is 0 Å². The molecule has 1 aromatic heterocycles. The highest BCUT2D eigenvalue weighted by atomic mass is 16.5. The second kappa shape index (κ2) is 7.04. The third kappa shape index (κ3) is 4.56. The van der Waals surface area contributed by atoms with Crippen molar-refractivity contribution in [1.82, 2.24) is 4.98 Å².